The van der Waals surface area contributed by atoms with Gasteiger partial charge in [0.25, 0.3) is 0 Å². The lowest BCUT2D eigenvalue weighted by molar-refractivity contribution is -0.133. The first-order chi connectivity index (χ1) is 10.1. The molecule has 0 radical (unpaired) electrons. The second-order valence-electron chi connectivity index (χ2n) is 4.75. The van der Waals surface area contributed by atoms with Gasteiger partial charge in [0.1, 0.15) is 5.82 Å². The van der Waals surface area contributed by atoms with Crippen LogP contribution in [-0.4, -0.2) is 31.6 Å². The van der Waals surface area contributed by atoms with Gasteiger partial charge in [-0.1, -0.05) is 36.0 Å². The normalized spacial score (nSPS) is 10.8. The Labute approximate surface area is 128 Å². The SMILES string of the molecule is CCn1c(CCc2ccccc2C)nnc1SCC(=O)O. The van der Waals surface area contributed by atoms with Gasteiger partial charge in [-0.3, -0.25) is 4.79 Å². The van der Waals surface area contributed by atoms with Crippen molar-refractivity contribution < 1.29 is 9.90 Å². The van der Waals surface area contributed by atoms with Crippen molar-refractivity contribution in [2.75, 3.05) is 5.75 Å². The third kappa shape index (κ3) is 4.07. The van der Waals surface area contributed by atoms with E-state index in [2.05, 4.69) is 29.3 Å². The van der Waals surface area contributed by atoms with Gasteiger partial charge in [0.15, 0.2) is 5.16 Å². The zero-order valence-electron chi connectivity index (χ0n) is 12.2. The van der Waals surface area contributed by atoms with Gasteiger partial charge in [-0.05, 0) is 31.4 Å². The summed E-state index contributed by atoms with van der Waals surface area (Å²) in [5, 5.41) is 17.7. The molecule has 1 aromatic heterocycles. The topological polar surface area (TPSA) is 68.0 Å². The lowest BCUT2D eigenvalue weighted by Gasteiger charge is -2.08. The molecule has 0 aliphatic heterocycles. The molecule has 1 heterocycles. The highest BCUT2D eigenvalue weighted by Crippen LogP contribution is 2.18. The predicted molar refractivity (Wildman–Crippen MR) is 82.6 cm³/mol. The second-order valence-corrected chi connectivity index (χ2v) is 5.69. The summed E-state index contributed by atoms with van der Waals surface area (Å²) >= 11 is 1.22. The van der Waals surface area contributed by atoms with Crippen molar-refractivity contribution in [1.82, 2.24) is 14.8 Å². The van der Waals surface area contributed by atoms with Gasteiger partial charge >= 0.3 is 5.97 Å². The van der Waals surface area contributed by atoms with Crippen molar-refractivity contribution >= 4 is 17.7 Å². The highest BCUT2D eigenvalue weighted by molar-refractivity contribution is 7.99. The van der Waals surface area contributed by atoms with Crippen LogP contribution in [0.4, 0.5) is 0 Å². The molecular formula is C15H19N3O2S. The molecule has 2 aromatic rings. The largest absolute Gasteiger partial charge is 0.481 e. The minimum Gasteiger partial charge on any atom is -0.481 e. The van der Waals surface area contributed by atoms with Crippen molar-refractivity contribution in [2.45, 2.75) is 38.4 Å². The van der Waals surface area contributed by atoms with Crippen LogP contribution in [0, 0.1) is 6.92 Å². The molecule has 0 aliphatic rings. The van der Waals surface area contributed by atoms with Crippen molar-refractivity contribution in [3.05, 3.63) is 41.2 Å². The average molecular weight is 305 g/mol. The first-order valence-corrected chi connectivity index (χ1v) is 7.91. The molecule has 0 atom stereocenters. The molecule has 0 amide bonds. The maximum Gasteiger partial charge on any atom is 0.313 e. The number of nitrogens with zero attached hydrogens (tertiary/aromatic N) is 3. The maximum absolute atomic E-state index is 10.6. The van der Waals surface area contributed by atoms with Crippen LogP contribution in [0.1, 0.15) is 23.9 Å². The second kappa shape index (κ2) is 7.26. The fourth-order valence-corrected chi connectivity index (χ4v) is 2.93. The Bertz CT molecular complexity index is 625. The van der Waals surface area contributed by atoms with Crippen molar-refractivity contribution in [1.29, 1.82) is 0 Å². The monoisotopic (exact) mass is 305 g/mol. The highest BCUT2D eigenvalue weighted by atomic mass is 32.2. The first-order valence-electron chi connectivity index (χ1n) is 6.93. The number of aryl methyl sites for hydroxylation is 3. The van der Waals surface area contributed by atoms with Gasteiger partial charge in [-0.2, -0.15) is 0 Å². The third-order valence-corrected chi connectivity index (χ3v) is 4.27. The molecule has 1 aromatic carbocycles. The Morgan fingerprint density at radius 2 is 2.05 bits per heavy atom. The standard InChI is InChI=1S/C15H19N3O2S/c1-3-18-13(16-17-15(18)21-10-14(19)20)9-8-12-7-5-4-6-11(12)2/h4-7H,3,8-10H2,1-2H3,(H,19,20). The summed E-state index contributed by atoms with van der Waals surface area (Å²) in [6, 6.07) is 8.31. The van der Waals surface area contributed by atoms with Gasteiger partial charge in [0.05, 0.1) is 5.75 Å². The summed E-state index contributed by atoms with van der Waals surface area (Å²) in [4.78, 5) is 10.6. The number of carboxylic acid groups (broad SMARTS) is 1. The van der Waals surface area contributed by atoms with E-state index in [1.807, 2.05) is 23.6 Å². The number of aliphatic carboxylic acids is 1. The third-order valence-electron chi connectivity index (χ3n) is 3.31. The number of rotatable bonds is 7. The van der Waals surface area contributed by atoms with Gasteiger partial charge in [-0.25, -0.2) is 0 Å². The van der Waals surface area contributed by atoms with Gasteiger partial charge in [-0.15, -0.1) is 10.2 Å². The van der Waals surface area contributed by atoms with Crippen LogP contribution in [0.5, 0.6) is 0 Å². The van der Waals surface area contributed by atoms with E-state index < -0.39 is 5.97 Å². The van der Waals surface area contributed by atoms with E-state index in [-0.39, 0.29) is 5.75 Å². The van der Waals surface area contributed by atoms with Crippen molar-refractivity contribution in [3.63, 3.8) is 0 Å². The van der Waals surface area contributed by atoms with Crippen molar-refractivity contribution in [3.8, 4) is 0 Å². The van der Waals surface area contributed by atoms with Gasteiger partial charge in [0, 0.05) is 13.0 Å². The minimum atomic E-state index is -0.841. The lowest BCUT2D eigenvalue weighted by Crippen LogP contribution is -2.06. The van der Waals surface area contributed by atoms with E-state index in [0.29, 0.717) is 5.16 Å². The molecule has 0 unspecified atom stereocenters. The van der Waals surface area contributed by atoms with E-state index in [4.69, 9.17) is 5.11 Å². The van der Waals surface area contributed by atoms with Crippen LogP contribution in [-0.2, 0) is 24.2 Å². The number of thioether (sulfide) groups is 1. The molecule has 0 bridgehead atoms. The number of carboxylic acids is 1. The summed E-state index contributed by atoms with van der Waals surface area (Å²) in [5.74, 6) is 0.0800. The Morgan fingerprint density at radius 3 is 2.71 bits per heavy atom. The van der Waals surface area contributed by atoms with E-state index in [0.717, 1.165) is 25.2 Å². The number of hydrogen-bond acceptors (Lipinski definition) is 4. The van der Waals surface area contributed by atoms with Crippen LogP contribution < -0.4 is 0 Å². The smallest absolute Gasteiger partial charge is 0.313 e. The molecule has 5 nitrogen and oxygen atoms in total. The van der Waals surface area contributed by atoms with E-state index in [1.165, 1.54) is 22.9 Å². The number of carbonyl (C=O) groups is 1. The summed E-state index contributed by atoms with van der Waals surface area (Å²) in [5.41, 5.74) is 2.59. The molecule has 21 heavy (non-hydrogen) atoms. The Hall–Kier alpha value is -1.82. The highest BCUT2D eigenvalue weighted by Gasteiger charge is 2.12. The van der Waals surface area contributed by atoms with Crippen LogP contribution >= 0.6 is 11.8 Å². The molecule has 0 spiro atoms. The fourth-order valence-electron chi connectivity index (χ4n) is 2.19. The van der Waals surface area contributed by atoms with Gasteiger partial charge < -0.3 is 9.67 Å². The molecule has 0 saturated heterocycles. The summed E-state index contributed by atoms with van der Waals surface area (Å²) in [6.07, 6.45) is 1.72. The Kier molecular flexibility index (Phi) is 5.38. The molecular weight excluding hydrogens is 286 g/mol. The van der Waals surface area contributed by atoms with Crippen LogP contribution in [0.25, 0.3) is 0 Å². The first kappa shape index (κ1) is 15.6. The number of benzene rings is 1. The zero-order chi connectivity index (χ0) is 15.2. The number of hydrogen-bond donors (Lipinski definition) is 1. The number of aromatic nitrogens is 3. The summed E-state index contributed by atoms with van der Waals surface area (Å²) in [7, 11) is 0. The molecule has 0 saturated carbocycles. The maximum atomic E-state index is 10.6. The minimum absolute atomic E-state index is 0.00985. The van der Waals surface area contributed by atoms with E-state index in [1.54, 1.807) is 0 Å². The quantitative estimate of drug-likeness (QED) is 0.796. The average Bonchev–Trinajstić information content (AvgIpc) is 2.86. The summed E-state index contributed by atoms with van der Waals surface area (Å²) in [6.45, 7) is 4.87. The van der Waals surface area contributed by atoms with Crippen LogP contribution in [0.3, 0.4) is 0 Å². The van der Waals surface area contributed by atoms with Crippen LogP contribution in [0.2, 0.25) is 0 Å². The molecule has 112 valence electrons. The molecule has 2 rings (SSSR count). The lowest BCUT2D eigenvalue weighted by atomic mass is 10.0. The molecule has 0 aliphatic carbocycles. The van der Waals surface area contributed by atoms with E-state index >= 15 is 0 Å². The van der Waals surface area contributed by atoms with Crippen molar-refractivity contribution in [2.24, 2.45) is 0 Å². The molecule has 0 fully saturated rings. The van der Waals surface area contributed by atoms with Crippen LogP contribution in [0.15, 0.2) is 29.4 Å². The predicted octanol–water partition coefficient (Wildman–Crippen LogP) is 2.57. The fraction of sp³-hybridized carbons (Fsp3) is 0.400. The Morgan fingerprint density at radius 1 is 1.29 bits per heavy atom. The van der Waals surface area contributed by atoms with E-state index in [9.17, 15) is 4.79 Å². The molecule has 1 N–H and O–H groups in total. The zero-order valence-corrected chi connectivity index (χ0v) is 13.1. The van der Waals surface area contributed by atoms with Gasteiger partial charge in [0.2, 0.25) is 0 Å². The summed E-state index contributed by atoms with van der Waals surface area (Å²) < 4.78 is 1.99. The Balaban J connectivity index is 2.06. The molecule has 6 heteroatoms.